The van der Waals surface area contributed by atoms with Crippen LogP contribution in [0.15, 0.2) is 54.6 Å². The molecule has 0 aliphatic carbocycles. The third-order valence-corrected chi connectivity index (χ3v) is 3.20. The van der Waals surface area contributed by atoms with Gasteiger partial charge in [-0.15, -0.1) is 0 Å². The minimum atomic E-state index is -0.175. The average molecular weight is 330 g/mol. The molecule has 0 heterocycles. The summed E-state index contributed by atoms with van der Waals surface area (Å²) < 4.78 is 0. The standard InChI is InChI=1S/C16H18N2O2.2C2H6/c1-17(13-9-5-4-6-10-13)15-12-8-7-11-14(15)16(19)18(2)20-3;2*1-2/h4-12H,1-3H3;2*1-2H3. The molecule has 0 N–H and O–H groups in total. The predicted octanol–water partition coefficient (Wildman–Crippen LogP) is 5.14. The first-order valence-corrected chi connectivity index (χ1v) is 8.35. The monoisotopic (exact) mass is 330 g/mol. The molecule has 0 fully saturated rings. The maximum absolute atomic E-state index is 12.3. The predicted molar refractivity (Wildman–Crippen MR) is 103 cm³/mol. The molecule has 4 nitrogen and oxygen atoms in total. The maximum atomic E-state index is 12.3. The van der Waals surface area contributed by atoms with Gasteiger partial charge in [-0.25, -0.2) is 5.06 Å². The van der Waals surface area contributed by atoms with Crippen molar-refractivity contribution in [2.24, 2.45) is 0 Å². The molecule has 0 unspecified atom stereocenters. The second-order valence-electron chi connectivity index (χ2n) is 4.40. The van der Waals surface area contributed by atoms with Gasteiger partial charge in [0.15, 0.2) is 0 Å². The van der Waals surface area contributed by atoms with E-state index in [1.807, 2.05) is 88.2 Å². The van der Waals surface area contributed by atoms with Gasteiger partial charge < -0.3 is 4.90 Å². The van der Waals surface area contributed by atoms with Crippen molar-refractivity contribution >= 4 is 17.3 Å². The molecule has 0 aliphatic heterocycles. The fourth-order valence-electron chi connectivity index (χ4n) is 1.99. The highest BCUT2D eigenvalue weighted by Gasteiger charge is 2.18. The SMILES string of the molecule is CC.CC.CON(C)C(=O)c1ccccc1N(C)c1ccccc1. The molecule has 2 aromatic rings. The number of amides is 1. The Labute approximate surface area is 146 Å². The van der Waals surface area contributed by atoms with Crippen LogP contribution in [0.3, 0.4) is 0 Å². The zero-order valence-electron chi connectivity index (χ0n) is 15.9. The van der Waals surface area contributed by atoms with E-state index in [2.05, 4.69) is 0 Å². The number of hydrogen-bond donors (Lipinski definition) is 0. The van der Waals surface area contributed by atoms with Crippen molar-refractivity contribution in [2.75, 3.05) is 26.1 Å². The zero-order chi connectivity index (χ0) is 18.5. The van der Waals surface area contributed by atoms with Crippen LogP contribution in [-0.2, 0) is 4.84 Å². The number of rotatable bonds is 4. The second kappa shape index (κ2) is 12.1. The molecule has 0 radical (unpaired) electrons. The Kier molecular flexibility index (Phi) is 11.0. The molecule has 0 aromatic heterocycles. The molecule has 0 atom stereocenters. The van der Waals surface area contributed by atoms with Gasteiger partial charge in [-0.3, -0.25) is 9.63 Å². The van der Waals surface area contributed by atoms with Crippen LogP contribution in [-0.4, -0.2) is 32.2 Å². The highest BCUT2D eigenvalue weighted by Crippen LogP contribution is 2.27. The largest absolute Gasteiger partial charge is 0.344 e. The van der Waals surface area contributed by atoms with Crippen molar-refractivity contribution in [1.82, 2.24) is 5.06 Å². The van der Waals surface area contributed by atoms with E-state index >= 15 is 0 Å². The summed E-state index contributed by atoms with van der Waals surface area (Å²) in [5.74, 6) is -0.175. The van der Waals surface area contributed by atoms with E-state index < -0.39 is 0 Å². The minimum absolute atomic E-state index is 0.175. The number of benzene rings is 2. The molecule has 24 heavy (non-hydrogen) atoms. The van der Waals surface area contributed by atoms with Crippen LogP contribution < -0.4 is 4.90 Å². The molecule has 4 heteroatoms. The molecular weight excluding hydrogens is 300 g/mol. The molecule has 0 saturated heterocycles. The van der Waals surface area contributed by atoms with Crippen molar-refractivity contribution in [3.63, 3.8) is 0 Å². The van der Waals surface area contributed by atoms with Crippen LogP contribution in [0.1, 0.15) is 38.1 Å². The molecule has 2 rings (SSSR count). The van der Waals surface area contributed by atoms with Gasteiger partial charge in [0.05, 0.1) is 18.4 Å². The van der Waals surface area contributed by atoms with Crippen LogP contribution in [0, 0.1) is 0 Å². The summed E-state index contributed by atoms with van der Waals surface area (Å²) in [7, 11) is 5.01. The van der Waals surface area contributed by atoms with E-state index in [1.54, 1.807) is 13.1 Å². The van der Waals surface area contributed by atoms with Crippen LogP contribution in [0.25, 0.3) is 0 Å². The van der Waals surface area contributed by atoms with Gasteiger partial charge in [-0.2, -0.15) is 0 Å². The smallest absolute Gasteiger partial charge is 0.279 e. The lowest BCUT2D eigenvalue weighted by Gasteiger charge is -2.23. The maximum Gasteiger partial charge on any atom is 0.279 e. The number of carbonyl (C=O) groups is 1. The number of carbonyl (C=O) groups excluding carboxylic acids is 1. The number of hydroxylamine groups is 2. The fourth-order valence-corrected chi connectivity index (χ4v) is 1.99. The molecule has 132 valence electrons. The third kappa shape index (κ3) is 5.70. The summed E-state index contributed by atoms with van der Waals surface area (Å²) in [6.07, 6.45) is 0. The van der Waals surface area contributed by atoms with E-state index in [0.717, 1.165) is 11.4 Å². The summed E-state index contributed by atoms with van der Waals surface area (Å²) in [5, 5.41) is 1.22. The van der Waals surface area contributed by atoms with Crippen molar-refractivity contribution < 1.29 is 9.63 Å². The first-order valence-electron chi connectivity index (χ1n) is 8.35. The number of hydrogen-bond acceptors (Lipinski definition) is 3. The topological polar surface area (TPSA) is 32.8 Å². The lowest BCUT2D eigenvalue weighted by molar-refractivity contribution is -0.0756. The van der Waals surface area contributed by atoms with Crippen molar-refractivity contribution in [3.05, 3.63) is 60.2 Å². The van der Waals surface area contributed by atoms with Gasteiger partial charge in [-0.1, -0.05) is 58.0 Å². The molecule has 2 aromatic carbocycles. The lowest BCUT2D eigenvalue weighted by Crippen LogP contribution is -2.27. The Balaban J connectivity index is 0.00000123. The number of para-hydroxylation sites is 2. The van der Waals surface area contributed by atoms with Gasteiger partial charge in [0.1, 0.15) is 0 Å². The summed E-state index contributed by atoms with van der Waals surface area (Å²) >= 11 is 0. The molecule has 0 aliphatic rings. The third-order valence-electron chi connectivity index (χ3n) is 3.20. The lowest BCUT2D eigenvalue weighted by atomic mass is 10.1. The quantitative estimate of drug-likeness (QED) is 0.728. The minimum Gasteiger partial charge on any atom is -0.344 e. The Hall–Kier alpha value is -2.33. The average Bonchev–Trinajstić information content (AvgIpc) is 2.70. The first-order chi connectivity index (χ1) is 11.6. The second-order valence-corrected chi connectivity index (χ2v) is 4.40. The Bertz CT molecular complexity index is 585. The Morgan fingerprint density at radius 3 is 1.88 bits per heavy atom. The molecule has 0 spiro atoms. The van der Waals surface area contributed by atoms with Crippen LogP contribution in [0.2, 0.25) is 0 Å². The Morgan fingerprint density at radius 1 is 0.833 bits per heavy atom. The van der Waals surface area contributed by atoms with Crippen LogP contribution in [0.5, 0.6) is 0 Å². The zero-order valence-corrected chi connectivity index (χ0v) is 15.9. The highest BCUT2D eigenvalue weighted by molar-refractivity contribution is 5.99. The summed E-state index contributed by atoms with van der Waals surface area (Å²) in [4.78, 5) is 19.3. The van der Waals surface area contributed by atoms with Crippen LogP contribution >= 0.6 is 0 Å². The summed E-state index contributed by atoms with van der Waals surface area (Å²) in [5.41, 5.74) is 2.46. The van der Waals surface area contributed by atoms with E-state index in [9.17, 15) is 4.79 Å². The summed E-state index contributed by atoms with van der Waals surface area (Å²) in [6.45, 7) is 8.00. The molecule has 0 bridgehead atoms. The van der Waals surface area contributed by atoms with E-state index in [1.165, 1.54) is 12.2 Å². The van der Waals surface area contributed by atoms with Crippen LogP contribution in [0.4, 0.5) is 11.4 Å². The first kappa shape index (κ1) is 21.7. The van der Waals surface area contributed by atoms with Crippen molar-refractivity contribution in [3.8, 4) is 0 Å². The van der Waals surface area contributed by atoms with Gasteiger partial charge in [0.2, 0.25) is 0 Å². The molecule has 1 amide bonds. The highest BCUT2D eigenvalue weighted by atomic mass is 16.7. The summed E-state index contributed by atoms with van der Waals surface area (Å²) in [6, 6.07) is 17.4. The van der Waals surface area contributed by atoms with Gasteiger partial charge in [0, 0.05) is 19.8 Å². The Morgan fingerprint density at radius 2 is 1.33 bits per heavy atom. The fraction of sp³-hybridized carbons (Fsp3) is 0.350. The van der Waals surface area contributed by atoms with Crippen molar-refractivity contribution in [2.45, 2.75) is 27.7 Å². The molecular formula is C20H30N2O2. The van der Waals surface area contributed by atoms with Gasteiger partial charge >= 0.3 is 0 Å². The van der Waals surface area contributed by atoms with E-state index in [4.69, 9.17) is 4.84 Å². The van der Waals surface area contributed by atoms with Crippen molar-refractivity contribution in [1.29, 1.82) is 0 Å². The van der Waals surface area contributed by atoms with E-state index in [0.29, 0.717) is 5.56 Å². The van der Waals surface area contributed by atoms with Gasteiger partial charge in [0.25, 0.3) is 5.91 Å². The number of nitrogens with zero attached hydrogens (tertiary/aromatic N) is 2. The van der Waals surface area contributed by atoms with E-state index in [-0.39, 0.29) is 5.91 Å². The normalized spacial score (nSPS) is 8.96. The molecule has 0 saturated carbocycles. The number of anilines is 2. The van der Waals surface area contributed by atoms with Gasteiger partial charge in [-0.05, 0) is 24.3 Å².